The maximum Gasteiger partial charge on any atom is 0.225 e. The molecule has 1 aromatic carbocycles. The average molecular weight is 318 g/mol. The molecule has 5 nitrogen and oxygen atoms in total. The number of aliphatic hydroxyl groups is 1. The van der Waals surface area contributed by atoms with Crippen LogP contribution in [0.3, 0.4) is 0 Å². The van der Waals surface area contributed by atoms with Crippen molar-refractivity contribution in [2.45, 2.75) is 52.2 Å². The van der Waals surface area contributed by atoms with E-state index < -0.39 is 6.10 Å². The first-order chi connectivity index (χ1) is 11.0. The molecule has 1 fully saturated rings. The van der Waals surface area contributed by atoms with Crippen molar-refractivity contribution in [1.29, 1.82) is 0 Å². The molecule has 0 radical (unpaired) electrons. The normalized spacial score (nSPS) is 20.5. The first kappa shape index (κ1) is 17.5. The second-order valence-corrected chi connectivity index (χ2v) is 6.67. The highest BCUT2D eigenvalue weighted by atomic mass is 16.3. The first-order valence-electron chi connectivity index (χ1n) is 8.30. The highest BCUT2D eigenvalue weighted by Gasteiger charge is 2.31. The molecule has 2 amide bonds. The molecule has 0 bridgehead atoms. The molecule has 126 valence electrons. The molecule has 1 aliphatic carbocycles. The van der Waals surface area contributed by atoms with Crippen molar-refractivity contribution in [3.8, 4) is 0 Å². The molecule has 1 aromatic rings. The van der Waals surface area contributed by atoms with E-state index in [4.69, 9.17) is 0 Å². The molecule has 0 heterocycles. The largest absolute Gasteiger partial charge is 0.392 e. The summed E-state index contributed by atoms with van der Waals surface area (Å²) in [7, 11) is 0. The highest BCUT2D eigenvalue weighted by Crippen LogP contribution is 2.25. The van der Waals surface area contributed by atoms with Crippen molar-refractivity contribution in [2.75, 3.05) is 5.32 Å². The molecule has 1 saturated carbocycles. The second kappa shape index (κ2) is 8.11. The number of amides is 2. The van der Waals surface area contributed by atoms with Gasteiger partial charge in [0.2, 0.25) is 11.8 Å². The van der Waals surface area contributed by atoms with Crippen LogP contribution in [0.5, 0.6) is 0 Å². The minimum atomic E-state index is -0.517. The van der Waals surface area contributed by atoms with Crippen LogP contribution in [0.25, 0.3) is 0 Å². The van der Waals surface area contributed by atoms with Crippen LogP contribution in [0.4, 0.5) is 5.69 Å². The molecule has 0 saturated heterocycles. The summed E-state index contributed by atoms with van der Waals surface area (Å²) in [6.45, 7) is 4.40. The van der Waals surface area contributed by atoms with Gasteiger partial charge in [-0.25, -0.2) is 0 Å². The third-order valence-corrected chi connectivity index (χ3v) is 4.09. The number of hydrogen-bond donors (Lipinski definition) is 3. The maximum absolute atomic E-state index is 12.1. The topological polar surface area (TPSA) is 78.4 Å². The van der Waals surface area contributed by atoms with E-state index in [1.165, 1.54) is 0 Å². The van der Waals surface area contributed by atoms with Crippen molar-refractivity contribution in [3.63, 3.8) is 0 Å². The Bertz CT molecular complexity index is 557. The third-order valence-electron chi connectivity index (χ3n) is 4.09. The number of benzene rings is 1. The summed E-state index contributed by atoms with van der Waals surface area (Å²) in [6.07, 6.45) is 2.32. The Morgan fingerprint density at radius 3 is 2.74 bits per heavy atom. The van der Waals surface area contributed by atoms with Crippen molar-refractivity contribution in [3.05, 3.63) is 29.8 Å². The summed E-state index contributed by atoms with van der Waals surface area (Å²) >= 11 is 0. The summed E-state index contributed by atoms with van der Waals surface area (Å²) in [4.78, 5) is 23.9. The Kier molecular flexibility index (Phi) is 6.16. The van der Waals surface area contributed by atoms with Gasteiger partial charge in [0.25, 0.3) is 0 Å². The van der Waals surface area contributed by atoms with E-state index in [9.17, 15) is 14.7 Å². The van der Waals surface area contributed by atoms with Gasteiger partial charge in [-0.2, -0.15) is 0 Å². The van der Waals surface area contributed by atoms with Gasteiger partial charge in [-0.05, 0) is 42.9 Å². The molecule has 1 aliphatic rings. The van der Waals surface area contributed by atoms with Gasteiger partial charge < -0.3 is 15.7 Å². The number of anilines is 1. The quantitative estimate of drug-likeness (QED) is 0.754. The second-order valence-electron chi connectivity index (χ2n) is 6.67. The molecule has 2 unspecified atom stereocenters. The smallest absolute Gasteiger partial charge is 0.225 e. The van der Waals surface area contributed by atoms with Gasteiger partial charge in [0, 0.05) is 18.7 Å². The van der Waals surface area contributed by atoms with Crippen molar-refractivity contribution in [2.24, 2.45) is 11.8 Å². The standard InChI is InChI=1S/C18H26N2O3/c1-12(2)9-17(22)20-14-6-3-5-13(10-14)11-19-18(23)15-7-4-8-16(15)21/h3,5-6,10,12,15-16,21H,4,7-9,11H2,1-2H3,(H,19,23)(H,20,22). The maximum atomic E-state index is 12.1. The van der Waals surface area contributed by atoms with Crippen LogP contribution >= 0.6 is 0 Å². The van der Waals surface area contributed by atoms with Crippen molar-refractivity contribution in [1.82, 2.24) is 5.32 Å². The fourth-order valence-electron chi connectivity index (χ4n) is 2.91. The SMILES string of the molecule is CC(C)CC(=O)Nc1cccc(CNC(=O)C2CCCC2O)c1. The Balaban J connectivity index is 1.87. The van der Waals surface area contributed by atoms with E-state index in [2.05, 4.69) is 10.6 Å². The van der Waals surface area contributed by atoms with Crippen molar-refractivity contribution >= 4 is 17.5 Å². The molecular formula is C18H26N2O3. The van der Waals surface area contributed by atoms with E-state index in [-0.39, 0.29) is 17.7 Å². The number of rotatable bonds is 6. The Hall–Kier alpha value is -1.88. The lowest BCUT2D eigenvalue weighted by atomic mass is 10.1. The number of aliphatic hydroxyl groups excluding tert-OH is 1. The van der Waals surface area contributed by atoms with Crippen LogP contribution < -0.4 is 10.6 Å². The minimum Gasteiger partial charge on any atom is -0.392 e. The molecule has 0 spiro atoms. The van der Waals surface area contributed by atoms with Crippen LogP contribution in [-0.4, -0.2) is 23.0 Å². The van der Waals surface area contributed by atoms with Gasteiger partial charge in [0.15, 0.2) is 0 Å². The lowest BCUT2D eigenvalue weighted by molar-refractivity contribution is -0.127. The molecule has 0 aromatic heterocycles. The van der Waals surface area contributed by atoms with Crippen molar-refractivity contribution < 1.29 is 14.7 Å². The summed E-state index contributed by atoms with van der Waals surface area (Å²) < 4.78 is 0. The molecule has 5 heteroatoms. The fraction of sp³-hybridized carbons (Fsp3) is 0.556. The van der Waals surface area contributed by atoms with Crippen LogP contribution in [-0.2, 0) is 16.1 Å². The van der Waals surface area contributed by atoms with E-state index in [0.717, 1.165) is 24.1 Å². The summed E-state index contributed by atoms with van der Waals surface area (Å²) in [5.41, 5.74) is 1.66. The Morgan fingerprint density at radius 1 is 1.30 bits per heavy atom. The lowest BCUT2D eigenvalue weighted by Gasteiger charge is -2.15. The summed E-state index contributed by atoms with van der Waals surface area (Å²) in [5.74, 6) is -0.0706. The predicted molar refractivity (Wildman–Crippen MR) is 89.7 cm³/mol. The Labute approximate surface area is 137 Å². The zero-order chi connectivity index (χ0) is 16.8. The van der Waals surface area contributed by atoms with Gasteiger partial charge in [0.05, 0.1) is 12.0 Å². The van der Waals surface area contributed by atoms with Crippen LogP contribution in [0.15, 0.2) is 24.3 Å². The lowest BCUT2D eigenvalue weighted by Crippen LogP contribution is -2.34. The molecule has 0 aliphatic heterocycles. The zero-order valence-corrected chi connectivity index (χ0v) is 13.8. The number of carbonyl (C=O) groups is 2. The number of hydrogen-bond acceptors (Lipinski definition) is 3. The predicted octanol–water partition coefficient (Wildman–Crippen LogP) is 2.45. The van der Waals surface area contributed by atoms with Gasteiger partial charge in [-0.15, -0.1) is 0 Å². The molecule has 2 rings (SSSR count). The number of carbonyl (C=O) groups excluding carboxylic acids is 2. The van der Waals surface area contributed by atoms with Crippen LogP contribution in [0.1, 0.15) is 45.1 Å². The van der Waals surface area contributed by atoms with E-state index >= 15 is 0 Å². The van der Waals surface area contributed by atoms with E-state index in [0.29, 0.717) is 25.3 Å². The molecule has 3 N–H and O–H groups in total. The average Bonchev–Trinajstić information content (AvgIpc) is 2.90. The monoisotopic (exact) mass is 318 g/mol. The zero-order valence-electron chi connectivity index (χ0n) is 13.8. The highest BCUT2D eigenvalue weighted by molar-refractivity contribution is 5.90. The first-order valence-corrected chi connectivity index (χ1v) is 8.30. The minimum absolute atomic E-state index is 0.00439. The summed E-state index contributed by atoms with van der Waals surface area (Å²) in [5, 5.41) is 15.5. The number of nitrogens with one attached hydrogen (secondary N) is 2. The van der Waals surface area contributed by atoms with Gasteiger partial charge in [0.1, 0.15) is 0 Å². The molecule has 23 heavy (non-hydrogen) atoms. The van der Waals surface area contributed by atoms with E-state index in [1.54, 1.807) is 0 Å². The van der Waals surface area contributed by atoms with Gasteiger partial charge >= 0.3 is 0 Å². The van der Waals surface area contributed by atoms with Crippen LogP contribution in [0, 0.1) is 11.8 Å². The van der Waals surface area contributed by atoms with E-state index in [1.807, 2.05) is 38.1 Å². The van der Waals surface area contributed by atoms with Crippen LogP contribution in [0.2, 0.25) is 0 Å². The van der Waals surface area contributed by atoms with Gasteiger partial charge in [-0.1, -0.05) is 26.0 Å². The summed E-state index contributed by atoms with van der Waals surface area (Å²) in [6, 6.07) is 7.47. The molecular weight excluding hydrogens is 292 g/mol. The Morgan fingerprint density at radius 2 is 2.09 bits per heavy atom. The fourth-order valence-corrected chi connectivity index (χ4v) is 2.91. The molecule has 2 atom stereocenters. The third kappa shape index (κ3) is 5.36. The van der Waals surface area contributed by atoms with Gasteiger partial charge in [-0.3, -0.25) is 9.59 Å².